The van der Waals surface area contributed by atoms with Gasteiger partial charge in [-0.2, -0.15) is 0 Å². The normalized spacial score (nSPS) is 26.4. The Balaban J connectivity index is 2.31. The van der Waals surface area contributed by atoms with Crippen LogP contribution in [0.5, 0.6) is 0 Å². The summed E-state index contributed by atoms with van der Waals surface area (Å²) in [6.07, 6.45) is 1.63. The van der Waals surface area contributed by atoms with Crippen molar-refractivity contribution in [2.24, 2.45) is 0 Å². The average molecular weight is 305 g/mol. The molecule has 1 aliphatic heterocycles. The molecular formula is C10H15N3O4S2. The van der Waals surface area contributed by atoms with Gasteiger partial charge in [0.05, 0.1) is 11.5 Å². The second kappa shape index (κ2) is 4.43. The zero-order valence-electron chi connectivity index (χ0n) is 10.3. The van der Waals surface area contributed by atoms with E-state index in [1.807, 2.05) is 0 Å². The highest BCUT2D eigenvalue weighted by atomic mass is 32.2. The molecule has 1 atom stereocenters. The Morgan fingerprint density at radius 3 is 2.68 bits per heavy atom. The van der Waals surface area contributed by atoms with E-state index in [-0.39, 0.29) is 28.6 Å². The van der Waals surface area contributed by atoms with E-state index in [1.165, 1.54) is 18.3 Å². The second-order valence-electron chi connectivity index (χ2n) is 4.89. The number of rotatable bonds is 3. The van der Waals surface area contributed by atoms with Crippen molar-refractivity contribution >= 4 is 25.7 Å². The Kier molecular flexibility index (Phi) is 3.31. The monoisotopic (exact) mass is 305 g/mol. The highest BCUT2D eigenvalue weighted by Crippen LogP contribution is 2.26. The molecule has 0 aromatic carbocycles. The lowest BCUT2D eigenvalue weighted by Crippen LogP contribution is -2.46. The van der Waals surface area contributed by atoms with Crippen molar-refractivity contribution in [1.29, 1.82) is 0 Å². The van der Waals surface area contributed by atoms with E-state index in [4.69, 9.17) is 5.73 Å². The molecule has 0 spiro atoms. The zero-order valence-corrected chi connectivity index (χ0v) is 12.0. The van der Waals surface area contributed by atoms with Crippen molar-refractivity contribution in [1.82, 2.24) is 9.71 Å². The molecule has 3 N–H and O–H groups in total. The van der Waals surface area contributed by atoms with Gasteiger partial charge in [0, 0.05) is 11.7 Å². The third kappa shape index (κ3) is 3.04. The molecule has 1 saturated heterocycles. The van der Waals surface area contributed by atoms with Gasteiger partial charge in [0.1, 0.15) is 10.7 Å². The van der Waals surface area contributed by atoms with Gasteiger partial charge in [0.2, 0.25) is 10.0 Å². The molecule has 1 aromatic heterocycles. The predicted molar refractivity (Wildman–Crippen MR) is 70.6 cm³/mol. The highest BCUT2D eigenvalue weighted by Gasteiger charge is 2.41. The average Bonchev–Trinajstić information content (AvgIpc) is 2.52. The summed E-state index contributed by atoms with van der Waals surface area (Å²) in [5.74, 6) is -0.340. The Morgan fingerprint density at radius 2 is 2.16 bits per heavy atom. The number of nitrogens with two attached hydrogens (primary N) is 1. The molecule has 9 heteroatoms. The number of aromatic nitrogens is 1. The van der Waals surface area contributed by atoms with E-state index >= 15 is 0 Å². The van der Waals surface area contributed by atoms with Gasteiger partial charge in [-0.15, -0.1) is 0 Å². The molecule has 7 nitrogen and oxygen atoms in total. The van der Waals surface area contributed by atoms with Crippen molar-refractivity contribution in [2.45, 2.75) is 23.8 Å². The molecule has 106 valence electrons. The van der Waals surface area contributed by atoms with Crippen molar-refractivity contribution in [2.75, 3.05) is 17.2 Å². The summed E-state index contributed by atoms with van der Waals surface area (Å²) >= 11 is 0. The Labute approximate surface area is 112 Å². The molecule has 0 radical (unpaired) electrons. The third-order valence-electron chi connectivity index (χ3n) is 2.97. The molecule has 2 rings (SSSR count). The van der Waals surface area contributed by atoms with Crippen LogP contribution in [0.4, 0.5) is 5.82 Å². The molecule has 0 saturated carbocycles. The van der Waals surface area contributed by atoms with Gasteiger partial charge in [-0.3, -0.25) is 0 Å². The number of nitrogen functional groups attached to an aromatic ring is 1. The Morgan fingerprint density at radius 1 is 1.47 bits per heavy atom. The predicted octanol–water partition coefficient (Wildman–Crippen LogP) is -0.481. The van der Waals surface area contributed by atoms with Crippen LogP contribution in [0.3, 0.4) is 0 Å². The zero-order chi connectivity index (χ0) is 14.3. The van der Waals surface area contributed by atoms with Gasteiger partial charge in [-0.05, 0) is 25.5 Å². The smallest absolute Gasteiger partial charge is 0.244 e. The van der Waals surface area contributed by atoms with Gasteiger partial charge >= 0.3 is 0 Å². The van der Waals surface area contributed by atoms with Crippen LogP contribution >= 0.6 is 0 Å². The van der Waals surface area contributed by atoms with Crippen LogP contribution in [-0.2, 0) is 19.9 Å². The number of nitrogens with zero attached hydrogens (tertiary/aromatic N) is 1. The lowest BCUT2D eigenvalue weighted by Gasteiger charge is -2.23. The maximum Gasteiger partial charge on any atom is 0.244 e. The molecule has 0 aliphatic carbocycles. The van der Waals surface area contributed by atoms with E-state index < -0.39 is 25.4 Å². The fourth-order valence-corrected chi connectivity index (χ4v) is 5.80. The molecule has 0 amide bonds. The lowest BCUT2D eigenvalue weighted by atomic mass is 10.0. The maximum absolute atomic E-state index is 12.2. The SMILES string of the molecule is CC1(NS(=O)(=O)c2cccnc2N)CCS(=O)(=O)C1. The van der Waals surface area contributed by atoms with Gasteiger partial charge in [0.15, 0.2) is 9.84 Å². The minimum Gasteiger partial charge on any atom is -0.383 e. The first-order valence-electron chi connectivity index (χ1n) is 5.59. The molecule has 0 bridgehead atoms. The molecule has 1 unspecified atom stereocenters. The molecule has 1 aromatic rings. The Bertz CT molecular complexity index is 699. The van der Waals surface area contributed by atoms with Gasteiger partial charge in [-0.25, -0.2) is 26.5 Å². The van der Waals surface area contributed by atoms with E-state index in [0.717, 1.165) is 0 Å². The summed E-state index contributed by atoms with van der Waals surface area (Å²) in [6, 6.07) is 2.79. The van der Waals surface area contributed by atoms with Crippen molar-refractivity contribution in [3.63, 3.8) is 0 Å². The summed E-state index contributed by atoms with van der Waals surface area (Å²) in [4.78, 5) is 3.57. The summed E-state index contributed by atoms with van der Waals surface area (Å²) in [5.41, 5.74) is 4.53. The van der Waals surface area contributed by atoms with E-state index in [2.05, 4.69) is 9.71 Å². The Hall–Kier alpha value is -1.19. The van der Waals surface area contributed by atoms with Crippen LogP contribution in [-0.4, -0.2) is 38.9 Å². The summed E-state index contributed by atoms with van der Waals surface area (Å²) in [5, 5.41) is 0. The van der Waals surface area contributed by atoms with Crippen molar-refractivity contribution in [3.8, 4) is 0 Å². The summed E-state index contributed by atoms with van der Waals surface area (Å²) in [6.45, 7) is 1.57. The standard InChI is InChI=1S/C10H15N3O4S2/c1-10(4-6-18(14,15)7-10)13-19(16,17)8-3-2-5-12-9(8)11/h2-3,5,13H,4,6-7H2,1H3,(H2,11,12). The quantitative estimate of drug-likeness (QED) is 0.778. The number of hydrogen-bond donors (Lipinski definition) is 2. The van der Waals surface area contributed by atoms with Crippen LogP contribution in [0.2, 0.25) is 0 Å². The fraction of sp³-hybridized carbons (Fsp3) is 0.500. The number of sulfone groups is 1. The van der Waals surface area contributed by atoms with Crippen LogP contribution in [0, 0.1) is 0 Å². The third-order valence-corrected chi connectivity index (χ3v) is 6.56. The molecule has 1 aliphatic rings. The van der Waals surface area contributed by atoms with Crippen LogP contribution in [0.15, 0.2) is 23.2 Å². The first-order chi connectivity index (χ1) is 8.64. The molecule has 2 heterocycles. The van der Waals surface area contributed by atoms with E-state index in [9.17, 15) is 16.8 Å². The van der Waals surface area contributed by atoms with Crippen molar-refractivity contribution < 1.29 is 16.8 Å². The van der Waals surface area contributed by atoms with Crippen LogP contribution < -0.4 is 10.5 Å². The second-order valence-corrected chi connectivity index (χ2v) is 8.73. The topological polar surface area (TPSA) is 119 Å². The van der Waals surface area contributed by atoms with E-state index in [0.29, 0.717) is 0 Å². The van der Waals surface area contributed by atoms with Gasteiger partial charge in [-0.1, -0.05) is 0 Å². The van der Waals surface area contributed by atoms with Crippen LogP contribution in [0.1, 0.15) is 13.3 Å². The summed E-state index contributed by atoms with van der Waals surface area (Å²) in [7, 11) is -7.08. The number of nitrogens with one attached hydrogen (secondary N) is 1. The molecular weight excluding hydrogens is 290 g/mol. The molecule has 19 heavy (non-hydrogen) atoms. The molecule has 1 fully saturated rings. The van der Waals surface area contributed by atoms with E-state index in [1.54, 1.807) is 6.92 Å². The summed E-state index contributed by atoms with van der Waals surface area (Å²) < 4.78 is 49.7. The lowest BCUT2D eigenvalue weighted by molar-refractivity contribution is 0.462. The number of pyridine rings is 1. The van der Waals surface area contributed by atoms with Gasteiger partial charge in [0.25, 0.3) is 0 Å². The largest absolute Gasteiger partial charge is 0.383 e. The highest BCUT2D eigenvalue weighted by molar-refractivity contribution is 7.92. The van der Waals surface area contributed by atoms with Crippen molar-refractivity contribution in [3.05, 3.63) is 18.3 Å². The first kappa shape index (κ1) is 14.2. The minimum atomic E-state index is -3.88. The maximum atomic E-state index is 12.2. The fourth-order valence-electron chi connectivity index (χ4n) is 2.10. The minimum absolute atomic E-state index is 0.0193. The number of hydrogen-bond acceptors (Lipinski definition) is 6. The number of sulfonamides is 1. The first-order valence-corrected chi connectivity index (χ1v) is 8.89. The van der Waals surface area contributed by atoms with Gasteiger partial charge < -0.3 is 5.73 Å². The van der Waals surface area contributed by atoms with Crippen LogP contribution in [0.25, 0.3) is 0 Å². The number of anilines is 1.